The van der Waals surface area contributed by atoms with Gasteiger partial charge in [0.15, 0.2) is 6.10 Å². The number of esters is 3. The Labute approximate surface area is 441 Å². The quantitative estimate of drug-likeness (QED) is 0.0317. The van der Waals surface area contributed by atoms with Crippen LogP contribution in [0, 0.1) is 81.8 Å². The normalized spacial score (nSPS) is 37.9. The molecule has 0 radical (unpaired) electrons. The SMILES string of the molecule is CC[C@@H](CC[C@@H](C)C1CC[C@H]2[C@@H]3CC[C@H]4CC(OP(=O)(O)OC5=C(OC(=O)C[C@H](O)C[C@H](O)CC[C@@H]6[C@@H]7C(=C[C@@H](O)C[C@@H]7OC(=O)[C@@H](C)CC)C=C[C@@H]6C)C(C(O)CO)OC5=O)CC[C@]4(C)[C@H]3CC[C@]12C)C(C)C. The van der Waals surface area contributed by atoms with Gasteiger partial charge in [-0.3, -0.25) is 19.0 Å². The third-order valence-corrected chi connectivity index (χ3v) is 21.4. The van der Waals surface area contributed by atoms with Crippen LogP contribution in [0.4, 0.5) is 0 Å². The van der Waals surface area contributed by atoms with Crippen molar-refractivity contribution in [3.05, 3.63) is 35.3 Å². The number of carbonyl (C=O) groups excluding carboxylic acids is 3. The van der Waals surface area contributed by atoms with Gasteiger partial charge in [0.1, 0.15) is 12.2 Å². The van der Waals surface area contributed by atoms with Crippen molar-refractivity contribution < 1.29 is 72.6 Å². The maximum atomic E-state index is 13.8. The molecular formula is C58H93O15P. The molecule has 5 unspecified atom stereocenters. The molecule has 16 heteroatoms. The second-order valence-electron chi connectivity index (χ2n) is 25.1. The average molecular weight is 1060 g/mol. The Bertz CT molecular complexity index is 2110. The molecule has 15 nitrogen and oxygen atoms in total. The Morgan fingerprint density at radius 3 is 2.31 bits per heavy atom. The van der Waals surface area contributed by atoms with Gasteiger partial charge in [-0.2, -0.15) is 0 Å². The van der Waals surface area contributed by atoms with E-state index in [1.165, 1.54) is 44.9 Å². The van der Waals surface area contributed by atoms with Crippen molar-refractivity contribution in [3.8, 4) is 0 Å². The lowest BCUT2D eigenvalue weighted by atomic mass is 9.44. The molecule has 7 aliphatic rings. The molecule has 0 amide bonds. The highest BCUT2D eigenvalue weighted by molar-refractivity contribution is 7.47. The minimum absolute atomic E-state index is 0.0525. The highest BCUT2D eigenvalue weighted by Crippen LogP contribution is 2.69. The van der Waals surface area contributed by atoms with Gasteiger partial charge < -0.3 is 44.3 Å². The molecule has 1 heterocycles. The van der Waals surface area contributed by atoms with Crippen molar-refractivity contribution in [1.82, 2.24) is 0 Å². The maximum Gasteiger partial charge on any atom is 0.528 e. The van der Waals surface area contributed by atoms with Gasteiger partial charge in [0, 0.05) is 12.3 Å². The fourth-order valence-corrected chi connectivity index (χ4v) is 17.0. The molecule has 420 valence electrons. The van der Waals surface area contributed by atoms with E-state index in [2.05, 4.69) is 41.5 Å². The smallest absolute Gasteiger partial charge is 0.461 e. The van der Waals surface area contributed by atoms with E-state index in [0.29, 0.717) is 48.9 Å². The van der Waals surface area contributed by atoms with Crippen LogP contribution < -0.4 is 0 Å². The zero-order chi connectivity index (χ0) is 54.0. The van der Waals surface area contributed by atoms with E-state index in [0.717, 1.165) is 48.5 Å². The summed E-state index contributed by atoms with van der Waals surface area (Å²) in [6.45, 7) is 19.4. The topological polar surface area (TPSA) is 236 Å². The molecule has 6 N–H and O–H groups in total. The van der Waals surface area contributed by atoms with Gasteiger partial charge in [0.2, 0.25) is 5.76 Å². The monoisotopic (exact) mass is 1060 g/mol. The second kappa shape index (κ2) is 24.6. The molecule has 4 fully saturated rings. The molecule has 6 aliphatic carbocycles. The van der Waals surface area contributed by atoms with Crippen molar-refractivity contribution in [2.75, 3.05) is 6.61 Å². The molecule has 4 saturated carbocycles. The van der Waals surface area contributed by atoms with Gasteiger partial charge in [-0.25, -0.2) is 9.36 Å². The first-order chi connectivity index (χ1) is 34.9. The summed E-state index contributed by atoms with van der Waals surface area (Å²) in [5, 5.41) is 53.1. The van der Waals surface area contributed by atoms with Gasteiger partial charge in [0.25, 0.3) is 5.76 Å². The number of ether oxygens (including phenoxy) is 3. The lowest BCUT2D eigenvalue weighted by Crippen LogP contribution is -2.54. The Hall–Kier alpha value is -2.62. The lowest BCUT2D eigenvalue weighted by Gasteiger charge is -2.61. The van der Waals surface area contributed by atoms with Crippen LogP contribution in [0.3, 0.4) is 0 Å². The molecule has 74 heavy (non-hydrogen) atoms. The Morgan fingerprint density at radius 1 is 0.905 bits per heavy atom. The van der Waals surface area contributed by atoms with Crippen molar-refractivity contribution in [2.24, 2.45) is 81.8 Å². The summed E-state index contributed by atoms with van der Waals surface area (Å²) in [5.74, 6) is 0.271. The van der Waals surface area contributed by atoms with Gasteiger partial charge in [-0.05, 0) is 165 Å². The predicted octanol–water partition coefficient (Wildman–Crippen LogP) is 9.65. The van der Waals surface area contributed by atoms with Gasteiger partial charge >= 0.3 is 25.7 Å². The minimum atomic E-state index is -5.07. The molecule has 0 aromatic carbocycles. The summed E-state index contributed by atoms with van der Waals surface area (Å²) in [4.78, 5) is 50.6. The van der Waals surface area contributed by atoms with E-state index >= 15 is 0 Å². The molecule has 1 aliphatic heterocycles. The van der Waals surface area contributed by atoms with Crippen LogP contribution in [0.5, 0.6) is 0 Å². The second-order valence-corrected chi connectivity index (χ2v) is 26.5. The summed E-state index contributed by atoms with van der Waals surface area (Å²) >= 11 is 0. The molecule has 7 rings (SSSR count). The third kappa shape index (κ3) is 12.9. The van der Waals surface area contributed by atoms with Crippen molar-refractivity contribution in [1.29, 1.82) is 0 Å². The average Bonchev–Trinajstić information content (AvgIpc) is 3.85. The summed E-state index contributed by atoms with van der Waals surface area (Å²) in [6.07, 6.45) is 11.4. The minimum Gasteiger partial charge on any atom is -0.461 e. The highest BCUT2D eigenvalue weighted by atomic mass is 31.2. The van der Waals surface area contributed by atoms with E-state index < -0.39 is 87.0 Å². The number of carbonyl (C=O) groups is 3. The van der Waals surface area contributed by atoms with Gasteiger partial charge in [-0.15, -0.1) is 0 Å². The van der Waals surface area contributed by atoms with E-state index in [-0.39, 0.29) is 60.2 Å². The Morgan fingerprint density at radius 2 is 1.62 bits per heavy atom. The molecule has 0 spiro atoms. The fraction of sp³-hybridized carbons (Fsp3) is 0.845. The number of hydrogen-bond donors (Lipinski definition) is 6. The molecule has 21 atom stereocenters. The third-order valence-electron chi connectivity index (χ3n) is 20.4. The number of phosphoric ester groups is 1. The van der Waals surface area contributed by atoms with Crippen LogP contribution in [0.1, 0.15) is 178 Å². The zero-order valence-corrected chi connectivity index (χ0v) is 46.8. The molecular weight excluding hydrogens is 968 g/mol. The number of rotatable bonds is 23. The van der Waals surface area contributed by atoms with E-state index in [1.807, 2.05) is 26.0 Å². The first-order valence-corrected chi connectivity index (χ1v) is 30.2. The van der Waals surface area contributed by atoms with Gasteiger partial charge in [-0.1, -0.05) is 93.4 Å². The van der Waals surface area contributed by atoms with E-state index in [4.69, 9.17) is 23.3 Å². The fourth-order valence-electron chi connectivity index (χ4n) is 16.0. The summed E-state index contributed by atoms with van der Waals surface area (Å²) in [6, 6.07) is 0. The summed E-state index contributed by atoms with van der Waals surface area (Å²) in [7, 11) is -5.07. The maximum absolute atomic E-state index is 13.8. The van der Waals surface area contributed by atoms with Crippen molar-refractivity contribution in [3.63, 3.8) is 0 Å². The summed E-state index contributed by atoms with van der Waals surface area (Å²) < 4.78 is 41.6. The van der Waals surface area contributed by atoms with Crippen LogP contribution >= 0.6 is 7.82 Å². The largest absolute Gasteiger partial charge is 0.528 e. The van der Waals surface area contributed by atoms with Gasteiger partial charge in [0.05, 0.1) is 43.4 Å². The number of aliphatic hydroxyl groups is 5. The van der Waals surface area contributed by atoms with Crippen molar-refractivity contribution in [2.45, 2.75) is 221 Å². The van der Waals surface area contributed by atoms with E-state index in [1.54, 1.807) is 13.0 Å². The molecule has 0 bridgehead atoms. The standard InChI is InChI=1S/C58H93O15P/c1-10-33(5)55(65)69-49-29-40(61)26-37-15-12-34(6)43(51(37)49)19-17-39(60)28-41(62)30-50(64)70-53-52(48(63)31-59)71-56(66)54(53)73-74(67,68)72-42-22-24-57(8)38(27-42)16-18-44-46-21-20-45(58(46,9)25-23-47(44)57)35(7)13-14-36(11-2)32(3)4/h12,15,26,32-36,38-49,51-52,59-63H,10-11,13-14,16-25,27-31H2,1-9H3,(H,67,68)/t33-,34-,35+,36-,38-,39+,40+,41+,42?,43-,44-,45?,46-,47-,48?,49-,51-,52?,57-,58+/m0/s1. The first kappa shape index (κ1) is 59.0. The van der Waals surface area contributed by atoms with Crippen LogP contribution in [0.25, 0.3) is 0 Å². The Kier molecular flexibility index (Phi) is 19.6. The number of aliphatic hydroxyl groups excluding tert-OH is 5. The molecule has 0 aromatic heterocycles. The molecule has 0 saturated heterocycles. The number of phosphoric acid groups is 1. The Balaban J connectivity index is 0.934. The number of cyclic esters (lactones) is 1. The number of fused-ring (bicyclic) bond motifs is 6. The number of allylic oxidation sites excluding steroid dienone is 2. The highest BCUT2D eigenvalue weighted by Gasteiger charge is 2.61. The van der Waals surface area contributed by atoms with Crippen LogP contribution in [0.15, 0.2) is 35.3 Å². The van der Waals surface area contributed by atoms with Crippen molar-refractivity contribution >= 4 is 25.7 Å². The van der Waals surface area contributed by atoms with E-state index in [9.17, 15) is 49.4 Å². The lowest BCUT2D eigenvalue weighted by molar-refractivity contribution is -0.159. The number of hydrogen-bond acceptors (Lipinski definition) is 14. The summed E-state index contributed by atoms with van der Waals surface area (Å²) in [5.41, 5.74) is 1.30. The zero-order valence-electron chi connectivity index (χ0n) is 45.9. The molecule has 0 aromatic rings. The van der Waals surface area contributed by atoms with Crippen LogP contribution in [-0.2, 0) is 42.2 Å². The van der Waals surface area contributed by atoms with Crippen LogP contribution in [-0.4, -0.2) is 97.7 Å². The first-order valence-electron chi connectivity index (χ1n) is 28.7. The predicted molar refractivity (Wildman–Crippen MR) is 278 cm³/mol. The van der Waals surface area contributed by atoms with Crippen LogP contribution in [0.2, 0.25) is 0 Å².